The molecule has 3 aliphatic rings. The average Bonchev–Trinajstić information content (AvgIpc) is 3.25. The van der Waals surface area contributed by atoms with Crippen LogP contribution in [0.4, 0.5) is 4.39 Å². The summed E-state index contributed by atoms with van der Waals surface area (Å²) in [5.74, 6) is 0.492. The Morgan fingerprint density at radius 3 is 2.86 bits per heavy atom. The first-order valence-corrected chi connectivity index (χ1v) is 9.19. The van der Waals surface area contributed by atoms with Gasteiger partial charge in [-0.15, -0.1) is 0 Å². The number of nitrogens with zero attached hydrogens (tertiary/aromatic N) is 5. The van der Waals surface area contributed by atoms with E-state index in [0.717, 1.165) is 22.8 Å². The summed E-state index contributed by atoms with van der Waals surface area (Å²) in [6, 6.07) is 3.82. The maximum atomic E-state index is 16.1. The molecular weight excluding hydrogens is 355 g/mol. The van der Waals surface area contributed by atoms with Crippen LogP contribution < -0.4 is 0 Å². The Labute approximate surface area is 161 Å². The molecule has 28 heavy (non-hydrogen) atoms. The number of aromatic amines is 1. The van der Waals surface area contributed by atoms with Crippen LogP contribution in [0.5, 0.6) is 0 Å². The predicted molar refractivity (Wildman–Crippen MR) is 104 cm³/mol. The Balaban J connectivity index is 1.54. The quantitative estimate of drug-likeness (QED) is 0.593. The number of aromatic nitrogens is 6. The van der Waals surface area contributed by atoms with E-state index in [1.807, 2.05) is 48.7 Å². The number of alkyl halides is 1. The van der Waals surface area contributed by atoms with E-state index in [1.165, 1.54) is 0 Å². The number of H-pyrrole nitrogens is 1. The third-order valence-electron chi connectivity index (χ3n) is 5.14. The van der Waals surface area contributed by atoms with Crippen LogP contribution in [0.1, 0.15) is 28.8 Å². The van der Waals surface area contributed by atoms with Crippen LogP contribution in [0, 0.1) is 13.8 Å². The summed E-state index contributed by atoms with van der Waals surface area (Å²) in [6.07, 6.45) is 12.5. The molecule has 2 aromatic heterocycles. The molecule has 0 spiro atoms. The normalized spacial score (nSPS) is 21.8. The topological polar surface area (TPSA) is 71.8 Å². The van der Waals surface area contributed by atoms with Crippen molar-refractivity contribution in [1.29, 1.82) is 0 Å². The largest absolute Gasteiger partial charge is 0.366 e. The van der Waals surface area contributed by atoms with Crippen LogP contribution in [0.2, 0.25) is 0 Å². The molecule has 6 nitrogen and oxygen atoms in total. The maximum absolute atomic E-state index is 16.1. The molecule has 1 N–H and O–H groups in total. The number of hydrogen-bond donors (Lipinski definition) is 1. The van der Waals surface area contributed by atoms with Gasteiger partial charge in [-0.05, 0) is 32.1 Å². The molecule has 0 amide bonds. The first-order chi connectivity index (χ1) is 13.5. The zero-order valence-corrected chi connectivity index (χ0v) is 15.6. The number of nitrogens with one attached hydrogen (secondary N) is 1. The van der Waals surface area contributed by atoms with E-state index in [9.17, 15) is 0 Å². The van der Waals surface area contributed by atoms with Gasteiger partial charge in [0.25, 0.3) is 0 Å². The number of pyridine rings is 1. The highest BCUT2D eigenvalue weighted by Crippen LogP contribution is 2.39. The van der Waals surface area contributed by atoms with Crippen molar-refractivity contribution in [2.24, 2.45) is 0 Å². The summed E-state index contributed by atoms with van der Waals surface area (Å²) in [6.45, 7) is 3.92. The molecule has 0 aromatic carbocycles. The van der Waals surface area contributed by atoms with Crippen molar-refractivity contribution in [2.45, 2.75) is 31.9 Å². The number of imidazole rings is 2. The highest BCUT2D eigenvalue weighted by Gasteiger charge is 2.41. The average molecular weight is 374 g/mol. The van der Waals surface area contributed by atoms with Crippen LogP contribution in [-0.2, 0) is 6.42 Å². The second-order valence-electron chi connectivity index (χ2n) is 7.26. The Kier molecular flexibility index (Phi) is 3.65. The molecule has 0 saturated heterocycles. The SMILES string of the molecule is Cc1cc(C)n2cc(CC3(F)C=CC=CC3c3nc4cc[nH]cc-4n3)nc2n1. The van der Waals surface area contributed by atoms with Gasteiger partial charge in [0.1, 0.15) is 17.2 Å². The standard InChI is InChI=1S/C21H19FN6/c1-13-9-14(2)28-12-15(25-20(28)24-13)10-21(22)7-4-3-5-16(21)19-26-17-6-8-23-11-18(17)27-19/h3-9,11-12,16,23H,10H2,1-2H3. The lowest BCUT2D eigenvalue weighted by atomic mass is 9.81. The summed E-state index contributed by atoms with van der Waals surface area (Å²) in [4.78, 5) is 21.1. The van der Waals surface area contributed by atoms with Crippen molar-refractivity contribution in [2.75, 3.05) is 0 Å². The van der Waals surface area contributed by atoms with E-state index in [2.05, 4.69) is 24.9 Å². The van der Waals surface area contributed by atoms with Gasteiger partial charge >= 0.3 is 0 Å². The number of allylic oxidation sites excluding steroid dienone is 4. The fourth-order valence-electron chi connectivity index (χ4n) is 3.81. The molecule has 2 atom stereocenters. The first kappa shape index (κ1) is 16.8. The zero-order valence-electron chi connectivity index (χ0n) is 15.6. The summed E-state index contributed by atoms with van der Waals surface area (Å²) in [5, 5.41) is 0. The van der Waals surface area contributed by atoms with E-state index < -0.39 is 11.6 Å². The van der Waals surface area contributed by atoms with E-state index >= 15 is 4.39 Å². The number of aryl methyl sites for hydroxylation is 2. The summed E-state index contributed by atoms with van der Waals surface area (Å²) >= 11 is 0. The Bertz CT molecular complexity index is 1170. The lowest BCUT2D eigenvalue weighted by Gasteiger charge is -2.29. The summed E-state index contributed by atoms with van der Waals surface area (Å²) < 4.78 is 18.0. The minimum Gasteiger partial charge on any atom is -0.366 e. The fourth-order valence-corrected chi connectivity index (χ4v) is 3.81. The molecule has 0 fully saturated rings. The molecule has 5 rings (SSSR count). The molecule has 140 valence electrons. The van der Waals surface area contributed by atoms with Gasteiger partial charge in [0, 0.05) is 36.4 Å². The Morgan fingerprint density at radius 2 is 2.00 bits per heavy atom. The van der Waals surface area contributed by atoms with Crippen molar-refractivity contribution in [3.8, 4) is 11.4 Å². The second-order valence-corrected chi connectivity index (χ2v) is 7.26. The minimum absolute atomic E-state index is 0.122. The van der Waals surface area contributed by atoms with Gasteiger partial charge in [0.05, 0.1) is 17.3 Å². The Hall–Kier alpha value is -3.35. The number of hydrogen-bond acceptors (Lipinski definition) is 4. The van der Waals surface area contributed by atoms with Gasteiger partial charge < -0.3 is 4.98 Å². The molecule has 2 aliphatic heterocycles. The van der Waals surface area contributed by atoms with E-state index in [4.69, 9.17) is 0 Å². The van der Waals surface area contributed by atoms with Crippen LogP contribution in [-0.4, -0.2) is 35.0 Å². The summed E-state index contributed by atoms with van der Waals surface area (Å²) in [7, 11) is 0. The minimum atomic E-state index is -1.66. The van der Waals surface area contributed by atoms with Crippen LogP contribution >= 0.6 is 0 Å². The van der Waals surface area contributed by atoms with Crippen molar-refractivity contribution < 1.29 is 4.39 Å². The van der Waals surface area contributed by atoms with Crippen LogP contribution in [0.25, 0.3) is 17.2 Å². The summed E-state index contributed by atoms with van der Waals surface area (Å²) in [5.41, 5.74) is 2.38. The highest BCUT2D eigenvalue weighted by molar-refractivity contribution is 5.55. The number of rotatable bonds is 3. The molecule has 0 saturated carbocycles. The maximum Gasteiger partial charge on any atom is 0.234 e. The van der Waals surface area contributed by atoms with Crippen LogP contribution in [0.3, 0.4) is 0 Å². The number of halogens is 1. The van der Waals surface area contributed by atoms with Gasteiger partial charge in [-0.25, -0.2) is 24.3 Å². The van der Waals surface area contributed by atoms with Crippen molar-refractivity contribution >= 4 is 5.78 Å². The van der Waals surface area contributed by atoms with Gasteiger partial charge in [0.2, 0.25) is 5.78 Å². The second kappa shape index (κ2) is 6.09. The third kappa shape index (κ3) is 2.70. The van der Waals surface area contributed by atoms with Gasteiger partial charge in [0.15, 0.2) is 0 Å². The third-order valence-corrected chi connectivity index (χ3v) is 5.14. The van der Waals surface area contributed by atoms with Gasteiger partial charge in [-0.2, -0.15) is 0 Å². The first-order valence-electron chi connectivity index (χ1n) is 9.19. The van der Waals surface area contributed by atoms with Gasteiger partial charge in [-0.1, -0.05) is 18.2 Å². The van der Waals surface area contributed by atoms with E-state index in [1.54, 1.807) is 24.5 Å². The molecule has 4 heterocycles. The smallest absolute Gasteiger partial charge is 0.234 e. The number of fused-ring (bicyclic) bond motifs is 2. The molecular formula is C21H19FN6. The highest BCUT2D eigenvalue weighted by atomic mass is 19.1. The molecule has 2 unspecified atom stereocenters. The zero-order chi connectivity index (χ0) is 19.3. The van der Waals surface area contributed by atoms with Crippen LogP contribution in [0.15, 0.2) is 55.0 Å². The van der Waals surface area contributed by atoms with Crippen molar-refractivity contribution in [3.63, 3.8) is 0 Å². The fraction of sp³-hybridized carbons (Fsp3) is 0.238. The lowest BCUT2D eigenvalue weighted by molar-refractivity contribution is 0.198. The van der Waals surface area contributed by atoms with E-state index in [-0.39, 0.29) is 6.42 Å². The lowest BCUT2D eigenvalue weighted by Crippen LogP contribution is -2.33. The van der Waals surface area contributed by atoms with Crippen molar-refractivity contribution in [1.82, 2.24) is 29.3 Å². The molecule has 0 radical (unpaired) electrons. The molecule has 1 aliphatic carbocycles. The van der Waals surface area contributed by atoms with Crippen molar-refractivity contribution in [3.05, 3.63) is 77.9 Å². The molecule has 7 heteroatoms. The van der Waals surface area contributed by atoms with E-state index in [0.29, 0.717) is 17.3 Å². The molecule has 0 bridgehead atoms. The predicted octanol–water partition coefficient (Wildman–Crippen LogP) is 3.73. The monoisotopic (exact) mass is 374 g/mol. The van der Waals surface area contributed by atoms with Gasteiger partial charge in [-0.3, -0.25) is 4.40 Å². The molecule has 2 aromatic rings. The Morgan fingerprint density at radius 1 is 1.14 bits per heavy atom.